The van der Waals surface area contributed by atoms with E-state index < -0.39 is 10.0 Å². The summed E-state index contributed by atoms with van der Waals surface area (Å²) in [5.41, 5.74) is 7.71. The van der Waals surface area contributed by atoms with E-state index in [1.807, 2.05) is 6.92 Å². The summed E-state index contributed by atoms with van der Waals surface area (Å²) < 4.78 is 27.4. The average molecular weight is 356 g/mol. The number of benzene rings is 1. The van der Waals surface area contributed by atoms with Crippen molar-refractivity contribution in [2.24, 2.45) is 0 Å². The molecule has 0 amide bonds. The van der Waals surface area contributed by atoms with E-state index in [0.29, 0.717) is 17.1 Å². The van der Waals surface area contributed by atoms with Gasteiger partial charge in [0.15, 0.2) is 0 Å². The number of hydrogen-bond donors (Lipinski definition) is 2. The first-order valence-corrected chi connectivity index (χ1v) is 8.27. The third-order valence-corrected chi connectivity index (χ3v) is 4.68. The van der Waals surface area contributed by atoms with E-state index in [1.165, 1.54) is 0 Å². The molecule has 2 aromatic rings. The number of nitrogens with zero attached hydrogens (tertiary/aromatic N) is 1. The standard InChI is InChI=1S/C13H14BrN3O2S/c1-9-5-13(16-7-12(9)14)17-20(18,19)8-10-3-2-4-11(15)6-10/h2-7H,8,15H2,1H3,(H,16,17). The first-order chi connectivity index (χ1) is 9.35. The summed E-state index contributed by atoms with van der Waals surface area (Å²) in [5.74, 6) is 0.157. The van der Waals surface area contributed by atoms with Gasteiger partial charge in [0, 0.05) is 16.4 Å². The van der Waals surface area contributed by atoms with Crippen molar-refractivity contribution in [2.75, 3.05) is 10.5 Å². The van der Waals surface area contributed by atoms with Gasteiger partial charge < -0.3 is 5.73 Å². The number of nitrogen functional groups attached to an aromatic ring is 1. The molecule has 106 valence electrons. The molecule has 0 saturated carbocycles. The fourth-order valence-electron chi connectivity index (χ4n) is 1.69. The van der Waals surface area contributed by atoms with Gasteiger partial charge in [-0.1, -0.05) is 12.1 Å². The Bertz CT molecular complexity index is 732. The molecule has 0 aliphatic rings. The number of nitrogens with two attached hydrogens (primary N) is 1. The molecule has 1 heterocycles. The van der Waals surface area contributed by atoms with E-state index in [0.717, 1.165) is 10.0 Å². The second kappa shape index (κ2) is 5.80. The van der Waals surface area contributed by atoms with E-state index in [9.17, 15) is 8.42 Å². The van der Waals surface area contributed by atoms with Gasteiger partial charge in [0.1, 0.15) is 5.82 Å². The first-order valence-electron chi connectivity index (χ1n) is 5.83. The number of rotatable bonds is 4. The minimum Gasteiger partial charge on any atom is -0.399 e. The van der Waals surface area contributed by atoms with E-state index in [-0.39, 0.29) is 5.75 Å². The Morgan fingerprint density at radius 1 is 1.35 bits per heavy atom. The van der Waals surface area contributed by atoms with Crippen LogP contribution in [0.25, 0.3) is 0 Å². The average Bonchev–Trinajstić information content (AvgIpc) is 2.33. The zero-order chi connectivity index (χ0) is 14.8. The Hall–Kier alpha value is -1.60. The van der Waals surface area contributed by atoms with Crippen molar-refractivity contribution in [1.29, 1.82) is 0 Å². The molecule has 0 spiro atoms. The molecule has 0 aliphatic carbocycles. The Labute approximate surface area is 126 Å². The highest BCUT2D eigenvalue weighted by molar-refractivity contribution is 9.10. The van der Waals surface area contributed by atoms with Crippen LogP contribution in [0.1, 0.15) is 11.1 Å². The highest BCUT2D eigenvalue weighted by Gasteiger charge is 2.13. The molecule has 0 fully saturated rings. The smallest absolute Gasteiger partial charge is 0.238 e. The Morgan fingerprint density at radius 2 is 2.10 bits per heavy atom. The van der Waals surface area contributed by atoms with Gasteiger partial charge >= 0.3 is 0 Å². The molecule has 3 N–H and O–H groups in total. The summed E-state index contributed by atoms with van der Waals surface area (Å²) >= 11 is 3.32. The third kappa shape index (κ3) is 3.94. The molecule has 2 rings (SSSR count). The van der Waals surface area contributed by atoms with Gasteiger partial charge in [-0.25, -0.2) is 13.4 Å². The molecule has 0 atom stereocenters. The lowest BCUT2D eigenvalue weighted by Crippen LogP contribution is -2.16. The van der Waals surface area contributed by atoms with Crippen LogP contribution in [-0.4, -0.2) is 13.4 Å². The van der Waals surface area contributed by atoms with Crippen molar-refractivity contribution >= 4 is 37.5 Å². The molecule has 0 saturated heterocycles. The molecule has 0 aliphatic heterocycles. The van der Waals surface area contributed by atoms with E-state index >= 15 is 0 Å². The van der Waals surface area contributed by atoms with E-state index in [1.54, 1.807) is 36.5 Å². The Kier molecular flexibility index (Phi) is 4.29. The van der Waals surface area contributed by atoms with Crippen LogP contribution in [0.4, 0.5) is 11.5 Å². The number of sulfonamides is 1. The molecule has 1 aromatic carbocycles. The van der Waals surface area contributed by atoms with Gasteiger partial charge in [0.25, 0.3) is 0 Å². The monoisotopic (exact) mass is 355 g/mol. The van der Waals surface area contributed by atoms with Crippen molar-refractivity contribution in [1.82, 2.24) is 4.98 Å². The van der Waals surface area contributed by atoms with Crippen LogP contribution in [0.15, 0.2) is 41.0 Å². The predicted octanol–water partition coefficient (Wildman–Crippen LogP) is 2.68. The number of hydrogen-bond acceptors (Lipinski definition) is 4. The van der Waals surface area contributed by atoms with Crippen molar-refractivity contribution in [3.63, 3.8) is 0 Å². The second-order valence-electron chi connectivity index (χ2n) is 4.42. The summed E-state index contributed by atoms with van der Waals surface area (Å²) in [6, 6.07) is 8.46. The molecule has 7 heteroatoms. The number of aromatic nitrogens is 1. The van der Waals surface area contributed by atoms with Gasteiger partial charge in [-0.05, 0) is 52.2 Å². The third-order valence-electron chi connectivity index (χ3n) is 2.61. The Morgan fingerprint density at radius 3 is 2.75 bits per heavy atom. The van der Waals surface area contributed by atoms with Gasteiger partial charge in [-0.3, -0.25) is 4.72 Å². The largest absolute Gasteiger partial charge is 0.399 e. The van der Waals surface area contributed by atoms with Crippen LogP contribution in [0.3, 0.4) is 0 Å². The minimum absolute atomic E-state index is 0.144. The summed E-state index contributed by atoms with van der Waals surface area (Å²) in [6.45, 7) is 1.86. The maximum atomic E-state index is 12.1. The van der Waals surface area contributed by atoms with E-state index in [4.69, 9.17) is 5.73 Å². The molecular weight excluding hydrogens is 342 g/mol. The van der Waals surface area contributed by atoms with Crippen LogP contribution >= 0.6 is 15.9 Å². The van der Waals surface area contributed by atoms with Crippen LogP contribution in [-0.2, 0) is 15.8 Å². The van der Waals surface area contributed by atoms with Crippen molar-refractivity contribution in [3.05, 3.63) is 52.1 Å². The molecule has 0 bridgehead atoms. The van der Waals surface area contributed by atoms with Gasteiger partial charge in [0.2, 0.25) is 10.0 Å². The highest BCUT2D eigenvalue weighted by atomic mass is 79.9. The first kappa shape index (κ1) is 14.8. The minimum atomic E-state index is -3.52. The summed E-state index contributed by atoms with van der Waals surface area (Å²) in [6.07, 6.45) is 1.56. The van der Waals surface area contributed by atoms with Crippen LogP contribution in [0.5, 0.6) is 0 Å². The number of pyridine rings is 1. The zero-order valence-electron chi connectivity index (χ0n) is 10.8. The SMILES string of the molecule is Cc1cc(NS(=O)(=O)Cc2cccc(N)c2)ncc1Br. The number of aryl methyl sites for hydroxylation is 1. The maximum absolute atomic E-state index is 12.1. The molecule has 20 heavy (non-hydrogen) atoms. The molecule has 1 aromatic heterocycles. The quantitative estimate of drug-likeness (QED) is 0.825. The van der Waals surface area contributed by atoms with Crippen LogP contribution in [0, 0.1) is 6.92 Å². The second-order valence-corrected chi connectivity index (χ2v) is 7.00. The van der Waals surface area contributed by atoms with Crippen molar-refractivity contribution < 1.29 is 8.42 Å². The van der Waals surface area contributed by atoms with Crippen molar-refractivity contribution in [2.45, 2.75) is 12.7 Å². The topological polar surface area (TPSA) is 85.1 Å². The number of nitrogens with one attached hydrogen (secondary N) is 1. The summed E-state index contributed by atoms with van der Waals surface area (Å²) in [4.78, 5) is 4.02. The summed E-state index contributed by atoms with van der Waals surface area (Å²) in [5, 5.41) is 0. The van der Waals surface area contributed by atoms with Crippen LogP contribution in [0.2, 0.25) is 0 Å². The lowest BCUT2D eigenvalue weighted by atomic mass is 10.2. The molecule has 0 radical (unpaired) electrons. The highest BCUT2D eigenvalue weighted by Crippen LogP contribution is 2.19. The fraction of sp³-hybridized carbons (Fsp3) is 0.154. The lowest BCUT2D eigenvalue weighted by Gasteiger charge is -2.09. The molecule has 0 unspecified atom stereocenters. The molecular formula is C13H14BrN3O2S. The fourth-order valence-corrected chi connectivity index (χ4v) is 3.03. The molecule has 5 nitrogen and oxygen atoms in total. The number of anilines is 2. The zero-order valence-corrected chi connectivity index (χ0v) is 13.2. The van der Waals surface area contributed by atoms with Gasteiger partial charge in [-0.15, -0.1) is 0 Å². The Balaban J connectivity index is 2.17. The van der Waals surface area contributed by atoms with Gasteiger partial charge in [-0.2, -0.15) is 0 Å². The van der Waals surface area contributed by atoms with Gasteiger partial charge in [0.05, 0.1) is 5.75 Å². The van der Waals surface area contributed by atoms with E-state index in [2.05, 4.69) is 25.6 Å². The lowest BCUT2D eigenvalue weighted by molar-refractivity contribution is 0.600. The normalized spacial score (nSPS) is 11.3. The van der Waals surface area contributed by atoms with Crippen molar-refractivity contribution in [3.8, 4) is 0 Å². The maximum Gasteiger partial charge on any atom is 0.238 e. The van der Waals surface area contributed by atoms with Crippen LogP contribution < -0.4 is 10.5 Å². The summed E-state index contributed by atoms with van der Waals surface area (Å²) in [7, 11) is -3.52. The predicted molar refractivity (Wildman–Crippen MR) is 83.8 cm³/mol. The number of halogens is 1.